The highest BCUT2D eigenvalue weighted by Crippen LogP contribution is 2.19. The van der Waals surface area contributed by atoms with Crippen molar-refractivity contribution < 1.29 is 9.84 Å². The van der Waals surface area contributed by atoms with E-state index in [0.717, 1.165) is 32.3 Å². The summed E-state index contributed by atoms with van der Waals surface area (Å²) in [6.45, 7) is 2.99. The van der Waals surface area contributed by atoms with Gasteiger partial charge in [-0.3, -0.25) is 0 Å². The molecule has 2 unspecified atom stereocenters. The van der Waals surface area contributed by atoms with Gasteiger partial charge in [0.15, 0.2) is 0 Å². The molecule has 0 bridgehead atoms. The molecule has 1 aromatic rings. The quantitative estimate of drug-likeness (QED) is 0.849. The van der Waals surface area contributed by atoms with Gasteiger partial charge < -0.3 is 9.84 Å². The third-order valence-corrected chi connectivity index (χ3v) is 3.40. The minimum absolute atomic E-state index is 0.235. The molecule has 1 aromatic carbocycles. The number of ether oxygens (including phenoxy) is 1. The standard InChI is InChI=1S/C15H22O2/c1-12-4-2-5-13(10-12)11-14(16)7-8-15-6-3-9-17-15/h2,4-5,10,14-16H,3,6-9,11H2,1H3. The van der Waals surface area contributed by atoms with Crippen molar-refractivity contribution in [1.82, 2.24) is 0 Å². The fourth-order valence-corrected chi connectivity index (χ4v) is 2.46. The first-order valence-electron chi connectivity index (χ1n) is 6.59. The lowest BCUT2D eigenvalue weighted by molar-refractivity contribution is 0.0813. The molecule has 1 N–H and O–H groups in total. The molecule has 17 heavy (non-hydrogen) atoms. The molecule has 2 heteroatoms. The molecule has 2 rings (SSSR count). The number of benzene rings is 1. The van der Waals surface area contributed by atoms with Gasteiger partial charge in [0.25, 0.3) is 0 Å². The van der Waals surface area contributed by atoms with Crippen molar-refractivity contribution in [2.24, 2.45) is 0 Å². The Morgan fingerprint density at radius 1 is 1.47 bits per heavy atom. The molecular weight excluding hydrogens is 212 g/mol. The van der Waals surface area contributed by atoms with Gasteiger partial charge in [0.2, 0.25) is 0 Å². The van der Waals surface area contributed by atoms with Crippen LogP contribution in [0.4, 0.5) is 0 Å². The van der Waals surface area contributed by atoms with Gasteiger partial charge in [0.1, 0.15) is 0 Å². The van der Waals surface area contributed by atoms with Gasteiger partial charge in [-0.1, -0.05) is 29.8 Å². The molecule has 0 aliphatic carbocycles. The lowest BCUT2D eigenvalue weighted by Gasteiger charge is -2.14. The average molecular weight is 234 g/mol. The molecule has 0 aromatic heterocycles. The van der Waals surface area contributed by atoms with Crippen LogP contribution in [0.2, 0.25) is 0 Å². The van der Waals surface area contributed by atoms with E-state index in [1.807, 2.05) is 0 Å². The highest BCUT2D eigenvalue weighted by atomic mass is 16.5. The fraction of sp³-hybridized carbons (Fsp3) is 0.600. The Hall–Kier alpha value is -0.860. The molecule has 2 atom stereocenters. The lowest BCUT2D eigenvalue weighted by atomic mass is 10.0. The molecule has 1 aliphatic rings. The summed E-state index contributed by atoms with van der Waals surface area (Å²) < 4.78 is 5.56. The third kappa shape index (κ3) is 4.14. The minimum Gasteiger partial charge on any atom is -0.393 e. The summed E-state index contributed by atoms with van der Waals surface area (Å²) >= 11 is 0. The molecule has 0 spiro atoms. The van der Waals surface area contributed by atoms with Gasteiger partial charge in [-0.05, 0) is 44.6 Å². The minimum atomic E-state index is -0.235. The van der Waals surface area contributed by atoms with E-state index in [4.69, 9.17) is 4.74 Å². The van der Waals surface area contributed by atoms with E-state index >= 15 is 0 Å². The van der Waals surface area contributed by atoms with Crippen molar-refractivity contribution in [3.05, 3.63) is 35.4 Å². The Bertz CT molecular complexity index is 343. The van der Waals surface area contributed by atoms with E-state index < -0.39 is 0 Å². The van der Waals surface area contributed by atoms with Crippen LogP contribution >= 0.6 is 0 Å². The number of hydrogen-bond donors (Lipinski definition) is 1. The number of rotatable bonds is 5. The molecule has 2 nitrogen and oxygen atoms in total. The van der Waals surface area contributed by atoms with Crippen molar-refractivity contribution in [3.63, 3.8) is 0 Å². The van der Waals surface area contributed by atoms with Crippen molar-refractivity contribution in [2.45, 2.75) is 51.2 Å². The number of aliphatic hydroxyl groups excluding tert-OH is 1. The molecule has 1 saturated heterocycles. The highest BCUT2D eigenvalue weighted by Gasteiger charge is 2.17. The second kappa shape index (κ2) is 6.18. The Labute approximate surface area is 104 Å². The van der Waals surface area contributed by atoms with Crippen LogP contribution in [0.25, 0.3) is 0 Å². The summed E-state index contributed by atoms with van der Waals surface area (Å²) in [4.78, 5) is 0. The van der Waals surface area contributed by atoms with E-state index in [1.54, 1.807) is 0 Å². The number of aliphatic hydroxyl groups is 1. The van der Waals surface area contributed by atoms with Gasteiger partial charge in [-0.15, -0.1) is 0 Å². The predicted molar refractivity (Wildman–Crippen MR) is 69.1 cm³/mol. The van der Waals surface area contributed by atoms with Crippen LogP contribution in [0, 0.1) is 6.92 Å². The Morgan fingerprint density at radius 3 is 3.06 bits per heavy atom. The summed E-state index contributed by atoms with van der Waals surface area (Å²) in [6.07, 6.45) is 5.10. The fourth-order valence-electron chi connectivity index (χ4n) is 2.46. The van der Waals surface area contributed by atoms with Crippen LogP contribution in [0.5, 0.6) is 0 Å². The van der Waals surface area contributed by atoms with Crippen molar-refractivity contribution in [1.29, 1.82) is 0 Å². The van der Waals surface area contributed by atoms with Crippen LogP contribution in [0.3, 0.4) is 0 Å². The molecule has 0 radical (unpaired) electrons. The molecule has 94 valence electrons. The zero-order chi connectivity index (χ0) is 12.1. The maximum atomic E-state index is 10.00. The molecule has 0 saturated carbocycles. The summed E-state index contributed by atoms with van der Waals surface area (Å²) in [5.74, 6) is 0. The Kier molecular flexibility index (Phi) is 4.57. The van der Waals surface area contributed by atoms with E-state index in [2.05, 4.69) is 31.2 Å². The van der Waals surface area contributed by atoms with Crippen LogP contribution in [-0.2, 0) is 11.2 Å². The summed E-state index contributed by atoms with van der Waals surface area (Å²) in [5.41, 5.74) is 2.48. The smallest absolute Gasteiger partial charge is 0.0581 e. The molecule has 0 amide bonds. The van der Waals surface area contributed by atoms with Gasteiger partial charge in [0, 0.05) is 6.61 Å². The van der Waals surface area contributed by atoms with Crippen molar-refractivity contribution in [3.8, 4) is 0 Å². The summed E-state index contributed by atoms with van der Waals surface area (Å²) in [6, 6.07) is 8.37. The molecule has 1 aliphatic heterocycles. The van der Waals surface area contributed by atoms with Crippen molar-refractivity contribution >= 4 is 0 Å². The van der Waals surface area contributed by atoms with Crippen LogP contribution in [0.15, 0.2) is 24.3 Å². The predicted octanol–water partition coefficient (Wildman–Crippen LogP) is 2.86. The van der Waals surface area contributed by atoms with Crippen LogP contribution in [-0.4, -0.2) is 23.9 Å². The first kappa shape index (κ1) is 12.6. The zero-order valence-corrected chi connectivity index (χ0v) is 10.6. The Morgan fingerprint density at radius 2 is 2.35 bits per heavy atom. The van der Waals surface area contributed by atoms with E-state index in [-0.39, 0.29) is 6.10 Å². The largest absolute Gasteiger partial charge is 0.393 e. The normalized spacial score (nSPS) is 21.6. The maximum absolute atomic E-state index is 10.00. The highest BCUT2D eigenvalue weighted by molar-refractivity contribution is 5.22. The second-order valence-electron chi connectivity index (χ2n) is 5.06. The first-order chi connectivity index (χ1) is 8.24. The summed E-state index contributed by atoms with van der Waals surface area (Å²) in [5, 5.41) is 10.00. The van der Waals surface area contributed by atoms with Gasteiger partial charge in [0.05, 0.1) is 12.2 Å². The lowest BCUT2D eigenvalue weighted by Crippen LogP contribution is -2.15. The van der Waals surface area contributed by atoms with Crippen LogP contribution < -0.4 is 0 Å². The van der Waals surface area contributed by atoms with E-state index in [0.29, 0.717) is 6.10 Å². The first-order valence-corrected chi connectivity index (χ1v) is 6.59. The average Bonchev–Trinajstić information content (AvgIpc) is 2.79. The topological polar surface area (TPSA) is 29.5 Å². The van der Waals surface area contributed by atoms with E-state index in [1.165, 1.54) is 17.5 Å². The van der Waals surface area contributed by atoms with Gasteiger partial charge in [-0.2, -0.15) is 0 Å². The number of hydrogen-bond acceptors (Lipinski definition) is 2. The Balaban J connectivity index is 1.74. The van der Waals surface area contributed by atoms with Crippen molar-refractivity contribution in [2.75, 3.05) is 6.61 Å². The molecule has 1 fully saturated rings. The van der Waals surface area contributed by atoms with Gasteiger partial charge in [-0.25, -0.2) is 0 Å². The third-order valence-electron chi connectivity index (χ3n) is 3.40. The summed E-state index contributed by atoms with van der Waals surface area (Å²) in [7, 11) is 0. The van der Waals surface area contributed by atoms with E-state index in [9.17, 15) is 5.11 Å². The number of aryl methyl sites for hydroxylation is 1. The van der Waals surface area contributed by atoms with Gasteiger partial charge >= 0.3 is 0 Å². The zero-order valence-electron chi connectivity index (χ0n) is 10.6. The maximum Gasteiger partial charge on any atom is 0.0581 e. The monoisotopic (exact) mass is 234 g/mol. The molecule has 1 heterocycles. The van der Waals surface area contributed by atoms with Crippen LogP contribution in [0.1, 0.15) is 36.8 Å². The SMILES string of the molecule is Cc1cccc(CC(O)CCC2CCCO2)c1. The molecular formula is C15H22O2. The second-order valence-corrected chi connectivity index (χ2v) is 5.06.